The van der Waals surface area contributed by atoms with Crippen molar-refractivity contribution >= 4 is 11.3 Å². The maximum absolute atomic E-state index is 5.43. The molecule has 0 aromatic carbocycles. The Balaban J connectivity index is 1.63. The summed E-state index contributed by atoms with van der Waals surface area (Å²) in [6.45, 7) is 3.95. The second-order valence-corrected chi connectivity index (χ2v) is 5.49. The predicted molar refractivity (Wildman–Crippen MR) is 81.8 cm³/mol. The molecular weight excluding hydrogens is 250 g/mol. The summed E-state index contributed by atoms with van der Waals surface area (Å²) < 4.78 is 5.43. The molecule has 0 saturated carbocycles. The Hall–Kier alpha value is -1.39. The highest BCUT2D eigenvalue weighted by Gasteiger charge is 2.23. The van der Waals surface area contributed by atoms with Crippen LogP contribution in [0.25, 0.3) is 5.57 Å². The van der Waals surface area contributed by atoms with E-state index in [2.05, 4.69) is 33.4 Å². The number of morpholine rings is 1. The maximum atomic E-state index is 5.43. The van der Waals surface area contributed by atoms with Gasteiger partial charge in [-0.25, -0.2) is 0 Å². The lowest BCUT2D eigenvalue weighted by Gasteiger charge is -2.36. The van der Waals surface area contributed by atoms with Crippen LogP contribution in [0.5, 0.6) is 0 Å². The first-order valence-electron chi connectivity index (χ1n) is 7.52. The van der Waals surface area contributed by atoms with Gasteiger partial charge in [-0.1, -0.05) is 6.08 Å². The van der Waals surface area contributed by atoms with Crippen molar-refractivity contribution in [3.05, 3.63) is 30.1 Å². The minimum Gasteiger partial charge on any atom is -0.387 e. The van der Waals surface area contributed by atoms with Crippen LogP contribution in [0.1, 0.15) is 25.0 Å². The molecule has 3 rings (SSSR count). The van der Waals surface area contributed by atoms with Gasteiger partial charge >= 0.3 is 0 Å². The Labute approximate surface area is 120 Å². The molecule has 2 aliphatic rings. The molecule has 0 amide bonds. The lowest BCUT2D eigenvalue weighted by Crippen LogP contribution is -2.43. The molecule has 1 saturated heterocycles. The van der Waals surface area contributed by atoms with Gasteiger partial charge in [-0.2, -0.15) is 0 Å². The number of hydrogen-bond donors (Lipinski definition) is 1. The molecule has 108 valence electrons. The van der Waals surface area contributed by atoms with Crippen molar-refractivity contribution in [3.8, 4) is 0 Å². The van der Waals surface area contributed by atoms with Gasteiger partial charge in [0.15, 0.2) is 0 Å². The Bertz CT molecular complexity index is 463. The van der Waals surface area contributed by atoms with E-state index in [0.717, 1.165) is 50.5 Å². The lowest BCUT2D eigenvalue weighted by atomic mass is 9.92. The Morgan fingerprint density at radius 3 is 2.75 bits per heavy atom. The Kier molecular flexibility index (Phi) is 4.33. The van der Waals surface area contributed by atoms with E-state index < -0.39 is 0 Å². The first-order valence-corrected chi connectivity index (χ1v) is 7.52. The number of nitrogens with one attached hydrogen (secondary N) is 1. The third-order valence-electron chi connectivity index (χ3n) is 4.33. The van der Waals surface area contributed by atoms with Crippen LogP contribution in [0, 0.1) is 0 Å². The molecule has 20 heavy (non-hydrogen) atoms. The molecule has 1 unspecified atom stereocenters. The van der Waals surface area contributed by atoms with Gasteiger partial charge in [0, 0.05) is 26.2 Å². The molecule has 1 N–H and O–H groups in total. The fourth-order valence-corrected chi connectivity index (χ4v) is 3.06. The van der Waals surface area contributed by atoms with Crippen molar-refractivity contribution in [2.75, 3.05) is 38.7 Å². The number of anilines is 1. The SMILES string of the molecule is CNc1ccc(C2=CCC(N3CCOCC3)CC2)nc1. The van der Waals surface area contributed by atoms with E-state index in [-0.39, 0.29) is 0 Å². The highest BCUT2D eigenvalue weighted by atomic mass is 16.5. The van der Waals surface area contributed by atoms with Crippen molar-refractivity contribution in [2.45, 2.75) is 25.3 Å². The molecule has 2 heterocycles. The Morgan fingerprint density at radius 1 is 1.30 bits per heavy atom. The van der Waals surface area contributed by atoms with Crippen LogP contribution in [-0.2, 0) is 4.74 Å². The minimum absolute atomic E-state index is 0.694. The van der Waals surface area contributed by atoms with Gasteiger partial charge in [0.25, 0.3) is 0 Å². The Morgan fingerprint density at radius 2 is 2.15 bits per heavy atom. The topological polar surface area (TPSA) is 37.4 Å². The van der Waals surface area contributed by atoms with Crippen LogP contribution < -0.4 is 5.32 Å². The second kappa shape index (κ2) is 6.37. The zero-order valence-electron chi connectivity index (χ0n) is 12.1. The van der Waals surface area contributed by atoms with E-state index in [0.29, 0.717) is 6.04 Å². The summed E-state index contributed by atoms with van der Waals surface area (Å²) in [6, 6.07) is 4.91. The lowest BCUT2D eigenvalue weighted by molar-refractivity contribution is 0.0150. The van der Waals surface area contributed by atoms with E-state index in [4.69, 9.17) is 4.74 Å². The molecule has 1 fully saturated rings. The summed E-state index contributed by atoms with van der Waals surface area (Å²) in [7, 11) is 1.92. The summed E-state index contributed by atoms with van der Waals surface area (Å²) in [4.78, 5) is 7.12. The van der Waals surface area contributed by atoms with Gasteiger partial charge in [0.2, 0.25) is 0 Å². The first kappa shape index (κ1) is 13.6. The van der Waals surface area contributed by atoms with E-state index >= 15 is 0 Å². The van der Waals surface area contributed by atoms with Crippen LogP contribution >= 0.6 is 0 Å². The van der Waals surface area contributed by atoms with Crippen molar-refractivity contribution in [2.24, 2.45) is 0 Å². The van der Waals surface area contributed by atoms with Gasteiger partial charge in [0.1, 0.15) is 0 Å². The average Bonchev–Trinajstić information content (AvgIpc) is 2.56. The molecule has 0 radical (unpaired) electrons. The highest BCUT2D eigenvalue weighted by molar-refractivity contribution is 5.64. The number of rotatable bonds is 3. The van der Waals surface area contributed by atoms with Crippen molar-refractivity contribution in [3.63, 3.8) is 0 Å². The van der Waals surface area contributed by atoms with Gasteiger partial charge in [-0.05, 0) is 37.0 Å². The van der Waals surface area contributed by atoms with E-state index in [1.807, 2.05) is 13.2 Å². The van der Waals surface area contributed by atoms with E-state index in [1.165, 1.54) is 12.0 Å². The standard InChI is InChI=1S/C16H23N3O/c1-17-14-4-7-16(18-12-14)13-2-5-15(6-3-13)19-8-10-20-11-9-19/h2,4,7,12,15,17H,3,5-6,8-11H2,1H3. The number of allylic oxidation sites excluding steroid dienone is 1. The normalized spacial score (nSPS) is 24.2. The second-order valence-electron chi connectivity index (χ2n) is 5.49. The molecular formula is C16H23N3O. The minimum atomic E-state index is 0.694. The van der Waals surface area contributed by atoms with Crippen LogP contribution in [0.2, 0.25) is 0 Å². The fraction of sp³-hybridized carbons (Fsp3) is 0.562. The zero-order valence-corrected chi connectivity index (χ0v) is 12.1. The predicted octanol–water partition coefficient (Wildman–Crippen LogP) is 2.39. The summed E-state index contributed by atoms with van der Waals surface area (Å²) in [5.74, 6) is 0. The number of aromatic nitrogens is 1. The van der Waals surface area contributed by atoms with E-state index in [9.17, 15) is 0 Å². The van der Waals surface area contributed by atoms with Crippen molar-refractivity contribution in [1.29, 1.82) is 0 Å². The number of nitrogens with zero attached hydrogens (tertiary/aromatic N) is 2. The van der Waals surface area contributed by atoms with Gasteiger partial charge in [-0.15, -0.1) is 0 Å². The maximum Gasteiger partial charge on any atom is 0.0660 e. The summed E-state index contributed by atoms with van der Waals surface area (Å²) in [5.41, 5.74) is 3.60. The largest absolute Gasteiger partial charge is 0.387 e. The van der Waals surface area contributed by atoms with Crippen LogP contribution in [0.3, 0.4) is 0 Å². The molecule has 1 aliphatic heterocycles. The monoisotopic (exact) mass is 273 g/mol. The molecule has 1 atom stereocenters. The highest BCUT2D eigenvalue weighted by Crippen LogP contribution is 2.29. The first-order chi connectivity index (χ1) is 9.86. The smallest absolute Gasteiger partial charge is 0.0660 e. The number of pyridine rings is 1. The van der Waals surface area contributed by atoms with Gasteiger partial charge < -0.3 is 10.1 Å². The molecule has 1 aromatic rings. The summed E-state index contributed by atoms with van der Waals surface area (Å²) in [5, 5.41) is 3.11. The average molecular weight is 273 g/mol. The molecule has 1 aromatic heterocycles. The van der Waals surface area contributed by atoms with Crippen molar-refractivity contribution < 1.29 is 4.74 Å². The van der Waals surface area contributed by atoms with E-state index in [1.54, 1.807) is 0 Å². The summed E-state index contributed by atoms with van der Waals surface area (Å²) in [6.07, 6.45) is 7.80. The number of ether oxygens (including phenoxy) is 1. The van der Waals surface area contributed by atoms with Gasteiger partial charge in [0.05, 0.1) is 30.8 Å². The molecule has 4 heteroatoms. The molecule has 0 spiro atoms. The quantitative estimate of drug-likeness (QED) is 0.917. The zero-order chi connectivity index (χ0) is 13.8. The van der Waals surface area contributed by atoms with Crippen LogP contribution in [0.15, 0.2) is 24.4 Å². The third kappa shape index (κ3) is 3.02. The molecule has 1 aliphatic carbocycles. The summed E-state index contributed by atoms with van der Waals surface area (Å²) >= 11 is 0. The fourth-order valence-electron chi connectivity index (χ4n) is 3.06. The third-order valence-corrected chi connectivity index (χ3v) is 4.33. The molecule has 0 bridgehead atoms. The van der Waals surface area contributed by atoms with Crippen LogP contribution in [0.4, 0.5) is 5.69 Å². The van der Waals surface area contributed by atoms with Crippen molar-refractivity contribution in [1.82, 2.24) is 9.88 Å². The van der Waals surface area contributed by atoms with Gasteiger partial charge in [-0.3, -0.25) is 9.88 Å². The molecule has 4 nitrogen and oxygen atoms in total. The number of hydrogen-bond acceptors (Lipinski definition) is 4. The van der Waals surface area contributed by atoms with Crippen LogP contribution in [-0.4, -0.2) is 49.3 Å².